The van der Waals surface area contributed by atoms with Gasteiger partial charge in [0.2, 0.25) is 0 Å². The SMILES string of the molecule is CCOCC1(CCc2cc(C)c(F)s2)CCN(C(C)(C)c2ccc(C)nc2)C1. The summed E-state index contributed by atoms with van der Waals surface area (Å²) in [6, 6.07) is 6.29. The molecule has 2 aromatic heterocycles. The first-order valence-electron chi connectivity index (χ1n) is 10.3. The van der Waals surface area contributed by atoms with Crippen LogP contribution >= 0.6 is 11.3 Å². The molecule has 3 heterocycles. The first-order chi connectivity index (χ1) is 13.3. The molecule has 0 bridgehead atoms. The smallest absolute Gasteiger partial charge is 0.179 e. The van der Waals surface area contributed by atoms with Gasteiger partial charge < -0.3 is 4.74 Å². The third-order valence-corrected chi connectivity index (χ3v) is 7.35. The standard InChI is InChI=1S/C23H33FN2OS/c1-6-27-16-23(10-9-20-13-17(2)21(24)28-20)11-12-26(15-23)22(4,5)19-8-7-18(3)25-14-19/h7-8,13-14H,6,9-12,15-16H2,1-5H3. The van der Waals surface area contributed by atoms with Crippen LogP contribution in [0.4, 0.5) is 4.39 Å². The van der Waals surface area contributed by atoms with Crippen LogP contribution in [0.3, 0.4) is 0 Å². The van der Waals surface area contributed by atoms with E-state index in [1.54, 1.807) is 0 Å². The molecule has 28 heavy (non-hydrogen) atoms. The van der Waals surface area contributed by atoms with Crippen molar-refractivity contribution in [1.82, 2.24) is 9.88 Å². The molecule has 5 heteroatoms. The van der Waals surface area contributed by atoms with Crippen LogP contribution < -0.4 is 0 Å². The number of aromatic nitrogens is 1. The minimum atomic E-state index is -0.0692. The van der Waals surface area contributed by atoms with Crippen molar-refractivity contribution in [2.75, 3.05) is 26.3 Å². The molecule has 0 radical (unpaired) electrons. The summed E-state index contributed by atoms with van der Waals surface area (Å²) in [5.74, 6) is 0. The predicted molar refractivity (Wildman–Crippen MR) is 114 cm³/mol. The van der Waals surface area contributed by atoms with Crippen molar-refractivity contribution in [1.29, 1.82) is 0 Å². The Morgan fingerprint density at radius 3 is 2.71 bits per heavy atom. The minimum absolute atomic E-state index is 0.0464. The molecule has 1 fully saturated rings. The number of nitrogens with zero attached hydrogens (tertiary/aromatic N) is 2. The summed E-state index contributed by atoms with van der Waals surface area (Å²) in [6.45, 7) is 14.1. The Kier molecular flexibility index (Phi) is 6.58. The number of likely N-dealkylation sites (tertiary alicyclic amines) is 1. The fourth-order valence-electron chi connectivity index (χ4n) is 4.17. The molecular weight excluding hydrogens is 371 g/mol. The van der Waals surface area contributed by atoms with E-state index in [4.69, 9.17) is 4.74 Å². The lowest BCUT2D eigenvalue weighted by Gasteiger charge is -2.38. The van der Waals surface area contributed by atoms with Gasteiger partial charge in [-0.2, -0.15) is 4.39 Å². The normalized spacial score (nSPS) is 20.8. The van der Waals surface area contributed by atoms with Gasteiger partial charge in [0.05, 0.1) is 6.61 Å². The topological polar surface area (TPSA) is 25.4 Å². The van der Waals surface area contributed by atoms with E-state index in [9.17, 15) is 4.39 Å². The highest BCUT2D eigenvalue weighted by Gasteiger charge is 2.43. The van der Waals surface area contributed by atoms with E-state index >= 15 is 0 Å². The molecule has 1 atom stereocenters. The number of hydrogen-bond acceptors (Lipinski definition) is 4. The van der Waals surface area contributed by atoms with Gasteiger partial charge in [0.25, 0.3) is 0 Å². The Morgan fingerprint density at radius 1 is 1.32 bits per heavy atom. The van der Waals surface area contributed by atoms with Gasteiger partial charge in [-0.05, 0) is 83.7 Å². The fourth-order valence-corrected chi connectivity index (χ4v) is 5.06. The van der Waals surface area contributed by atoms with Crippen molar-refractivity contribution >= 4 is 11.3 Å². The van der Waals surface area contributed by atoms with E-state index in [1.165, 1.54) is 16.9 Å². The van der Waals surface area contributed by atoms with E-state index < -0.39 is 0 Å². The quantitative estimate of drug-likeness (QED) is 0.581. The molecule has 0 saturated carbocycles. The molecule has 0 spiro atoms. The lowest BCUT2D eigenvalue weighted by Crippen LogP contribution is -2.42. The van der Waals surface area contributed by atoms with Gasteiger partial charge in [0, 0.05) is 40.9 Å². The second-order valence-corrected chi connectivity index (χ2v) is 9.81. The average molecular weight is 405 g/mol. The summed E-state index contributed by atoms with van der Waals surface area (Å²) in [5, 5.41) is -0.0464. The lowest BCUT2D eigenvalue weighted by molar-refractivity contribution is 0.0386. The van der Waals surface area contributed by atoms with Crippen LogP contribution in [0.15, 0.2) is 24.4 Å². The van der Waals surface area contributed by atoms with Crippen LogP contribution in [-0.2, 0) is 16.7 Å². The maximum atomic E-state index is 13.8. The third kappa shape index (κ3) is 4.64. The Labute approximate surface area is 172 Å². The molecular formula is C23H33FN2OS. The molecule has 1 unspecified atom stereocenters. The highest BCUT2D eigenvalue weighted by Crippen LogP contribution is 2.42. The molecule has 0 aromatic carbocycles. The first kappa shape index (κ1) is 21.4. The van der Waals surface area contributed by atoms with Gasteiger partial charge in [-0.1, -0.05) is 6.07 Å². The van der Waals surface area contributed by atoms with Gasteiger partial charge in [0.1, 0.15) is 0 Å². The van der Waals surface area contributed by atoms with E-state index in [0.29, 0.717) is 0 Å². The predicted octanol–water partition coefficient (Wildman–Crippen LogP) is 5.50. The van der Waals surface area contributed by atoms with Gasteiger partial charge in [-0.15, -0.1) is 11.3 Å². The minimum Gasteiger partial charge on any atom is -0.381 e. The van der Waals surface area contributed by atoms with Crippen LogP contribution in [-0.4, -0.2) is 36.2 Å². The number of rotatable bonds is 8. The summed E-state index contributed by atoms with van der Waals surface area (Å²) in [5.41, 5.74) is 3.12. The van der Waals surface area contributed by atoms with E-state index in [-0.39, 0.29) is 16.1 Å². The number of halogens is 1. The van der Waals surface area contributed by atoms with Crippen LogP contribution in [0.5, 0.6) is 0 Å². The summed E-state index contributed by atoms with van der Waals surface area (Å²) >= 11 is 1.30. The number of pyridine rings is 1. The fraction of sp³-hybridized carbons (Fsp3) is 0.609. The molecule has 1 saturated heterocycles. The zero-order valence-corrected chi connectivity index (χ0v) is 18.7. The zero-order chi connectivity index (χ0) is 20.4. The monoisotopic (exact) mass is 404 g/mol. The largest absolute Gasteiger partial charge is 0.381 e. The average Bonchev–Trinajstić information content (AvgIpc) is 3.23. The Hall–Kier alpha value is -1.30. The summed E-state index contributed by atoms with van der Waals surface area (Å²) in [4.78, 5) is 8.22. The van der Waals surface area contributed by atoms with E-state index in [1.807, 2.05) is 26.1 Å². The molecule has 0 N–H and O–H groups in total. The van der Waals surface area contributed by atoms with Gasteiger partial charge in [-0.3, -0.25) is 9.88 Å². The second-order valence-electron chi connectivity index (χ2n) is 8.73. The number of hydrogen-bond donors (Lipinski definition) is 0. The number of aryl methyl sites for hydroxylation is 3. The van der Waals surface area contributed by atoms with Crippen molar-refractivity contribution in [3.8, 4) is 0 Å². The lowest BCUT2D eigenvalue weighted by atomic mass is 9.82. The number of thiophene rings is 1. The van der Waals surface area contributed by atoms with Crippen LogP contribution in [0, 0.1) is 24.4 Å². The molecule has 2 aromatic rings. The molecule has 0 amide bonds. The van der Waals surface area contributed by atoms with Crippen molar-refractivity contribution in [3.63, 3.8) is 0 Å². The molecule has 1 aliphatic rings. The third-order valence-electron chi connectivity index (χ3n) is 6.27. The molecule has 3 rings (SSSR count). The molecule has 154 valence electrons. The highest BCUT2D eigenvalue weighted by atomic mass is 32.1. The van der Waals surface area contributed by atoms with E-state index in [2.05, 4.69) is 42.8 Å². The van der Waals surface area contributed by atoms with Crippen molar-refractivity contribution < 1.29 is 9.13 Å². The Bertz CT molecular complexity index is 767. The van der Waals surface area contributed by atoms with Gasteiger partial charge in [0.15, 0.2) is 5.13 Å². The van der Waals surface area contributed by atoms with Crippen LogP contribution in [0.25, 0.3) is 0 Å². The van der Waals surface area contributed by atoms with Gasteiger partial charge in [-0.25, -0.2) is 0 Å². The van der Waals surface area contributed by atoms with Crippen LogP contribution in [0.2, 0.25) is 0 Å². The molecule has 0 aliphatic carbocycles. The van der Waals surface area contributed by atoms with E-state index in [0.717, 1.165) is 61.7 Å². The zero-order valence-electron chi connectivity index (χ0n) is 17.8. The van der Waals surface area contributed by atoms with Crippen molar-refractivity contribution in [2.45, 2.75) is 59.4 Å². The Morgan fingerprint density at radius 2 is 2.11 bits per heavy atom. The molecule has 3 nitrogen and oxygen atoms in total. The maximum Gasteiger partial charge on any atom is 0.179 e. The second kappa shape index (κ2) is 8.60. The Balaban J connectivity index is 1.74. The summed E-state index contributed by atoms with van der Waals surface area (Å²) < 4.78 is 19.7. The van der Waals surface area contributed by atoms with Crippen LogP contribution in [0.1, 0.15) is 55.3 Å². The van der Waals surface area contributed by atoms with Gasteiger partial charge >= 0.3 is 0 Å². The molecule has 1 aliphatic heterocycles. The first-order valence-corrected chi connectivity index (χ1v) is 11.1. The van der Waals surface area contributed by atoms with Crippen molar-refractivity contribution in [2.24, 2.45) is 5.41 Å². The highest BCUT2D eigenvalue weighted by molar-refractivity contribution is 7.10. The maximum absolute atomic E-state index is 13.8. The number of ether oxygens (including phenoxy) is 1. The summed E-state index contributed by atoms with van der Waals surface area (Å²) in [7, 11) is 0. The summed E-state index contributed by atoms with van der Waals surface area (Å²) in [6.07, 6.45) is 5.08. The van der Waals surface area contributed by atoms with Crippen molar-refractivity contribution in [3.05, 3.63) is 51.2 Å².